The van der Waals surface area contributed by atoms with Crippen molar-refractivity contribution >= 4 is 23.4 Å². The maximum Gasteiger partial charge on any atom is 0.262 e. The first-order valence-corrected chi connectivity index (χ1v) is 9.78. The van der Waals surface area contributed by atoms with Crippen LogP contribution in [0, 0.1) is 11.6 Å². The minimum atomic E-state index is -0.636. The highest BCUT2D eigenvalue weighted by Crippen LogP contribution is 2.20. The summed E-state index contributed by atoms with van der Waals surface area (Å²) in [6, 6.07) is 10.1. The van der Waals surface area contributed by atoms with Gasteiger partial charge in [0.1, 0.15) is 17.4 Å². The second-order valence-electron chi connectivity index (χ2n) is 6.60. The average Bonchev–Trinajstić information content (AvgIpc) is 2.72. The van der Waals surface area contributed by atoms with E-state index >= 15 is 0 Å². The topological polar surface area (TPSA) is 67.4 Å². The molecule has 0 heterocycles. The number of carbonyl (C=O) groups excluding carboxylic acids is 2. The van der Waals surface area contributed by atoms with E-state index in [1.165, 1.54) is 24.3 Å². The quantitative estimate of drug-likeness (QED) is 0.520. The van der Waals surface area contributed by atoms with Crippen LogP contribution in [0.3, 0.4) is 0 Å². The van der Waals surface area contributed by atoms with Gasteiger partial charge in [-0.25, -0.2) is 8.78 Å². The molecule has 0 aliphatic carbocycles. The maximum absolute atomic E-state index is 13.3. The maximum atomic E-state index is 13.3. The van der Waals surface area contributed by atoms with Crippen molar-refractivity contribution in [2.24, 2.45) is 0 Å². The number of allylic oxidation sites excluding steroid dienone is 1. The van der Waals surface area contributed by atoms with Crippen LogP contribution in [0.2, 0.25) is 5.02 Å². The summed E-state index contributed by atoms with van der Waals surface area (Å²) in [6.07, 6.45) is 1.93. The van der Waals surface area contributed by atoms with Crippen LogP contribution < -0.4 is 15.4 Å². The van der Waals surface area contributed by atoms with E-state index in [-0.39, 0.29) is 41.9 Å². The van der Waals surface area contributed by atoms with Gasteiger partial charge in [-0.15, -0.1) is 0 Å². The molecule has 2 amide bonds. The molecular formula is C22H23ClF2N2O3. The molecule has 8 heteroatoms. The number of hydrogen-bond acceptors (Lipinski definition) is 3. The standard InChI is InChI=1S/C22H23ClF2N2O3/c1-15(27-22(29)14-30-18-9-10-19(23)20(25)13-18)4-11-21(28)26-12-2-3-16-5-7-17(24)8-6-16/h5-10,13H,1-4,11-12,14H2,(H,26,28)(H,27,29). The minimum Gasteiger partial charge on any atom is -0.484 e. The molecule has 30 heavy (non-hydrogen) atoms. The molecule has 0 aromatic heterocycles. The van der Waals surface area contributed by atoms with Crippen LogP contribution in [0.15, 0.2) is 54.7 Å². The molecule has 0 atom stereocenters. The van der Waals surface area contributed by atoms with Crippen LogP contribution in [0.1, 0.15) is 24.8 Å². The van der Waals surface area contributed by atoms with Gasteiger partial charge in [0.15, 0.2) is 6.61 Å². The molecule has 2 aromatic carbocycles. The van der Waals surface area contributed by atoms with Crippen LogP contribution in [-0.2, 0) is 16.0 Å². The summed E-state index contributed by atoms with van der Waals surface area (Å²) < 4.78 is 31.4. The predicted molar refractivity (Wildman–Crippen MR) is 111 cm³/mol. The number of benzene rings is 2. The van der Waals surface area contributed by atoms with E-state index in [1.807, 2.05) is 0 Å². The number of ether oxygens (including phenoxy) is 1. The number of carbonyl (C=O) groups is 2. The molecule has 0 saturated carbocycles. The van der Waals surface area contributed by atoms with Gasteiger partial charge in [-0.3, -0.25) is 9.59 Å². The van der Waals surface area contributed by atoms with Crippen molar-refractivity contribution in [3.8, 4) is 5.75 Å². The Balaban J connectivity index is 1.57. The summed E-state index contributed by atoms with van der Waals surface area (Å²) in [5.74, 6) is -1.35. The van der Waals surface area contributed by atoms with Crippen molar-refractivity contribution in [1.29, 1.82) is 0 Å². The van der Waals surface area contributed by atoms with Gasteiger partial charge in [-0.1, -0.05) is 30.3 Å². The molecule has 0 radical (unpaired) electrons. The van der Waals surface area contributed by atoms with Crippen LogP contribution >= 0.6 is 11.6 Å². The number of aryl methyl sites for hydroxylation is 1. The molecule has 160 valence electrons. The Hall–Kier alpha value is -2.93. The van der Waals surface area contributed by atoms with Gasteiger partial charge < -0.3 is 15.4 Å². The lowest BCUT2D eigenvalue weighted by Gasteiger charge is -2.10. The zero-order valence-corrected chi connectivity index (χ0v) is 17.1. The zero-order chi connectivity index (χ0) is 21.9. The number of rotatable bonds is 11. The Morgan fingerprint density at radius 2 is 1.77 bits per heavy atom. The van der Waals surface area contributed by atoms with E-state index < -0.39 is 11.7 Å². The Labute approximate surface area is 179 Å². The zero-order valence-electron chi connectivity index (χ0n) is 16.3. The van der Waals surface area contributed by atoms with Crippen LogP contribution in [0.25, 0.3) is 0 Å². The third-order valence-electron chi connectivity index (χ3n) is 4.11. The first-order valence-electron chi connectivity index (χ1n) is 9.40. The Morgan fingerprint density at radius 3 is 2.47 bits per heavy atom. The van der Waals surface area contributed by atoms with Crippen molar-refractivity contribution in [2.75, 3.05) is 13.2 Å². The summed E-state index contributed by atoms with van der Waals surface area (Å²) in [7, 11) is 0. The number of halogens is 3. The normalized spacial score (nSPS) is 10.4. The van der Waals surface area contributed by atoms with E-state index in [1.54, 1.807) is 12.1 Å². The van der Waals surface area contributed by atoms with Gasteiger partial charge in [0.25, 0.3) is 5.91 Å². The first kappa shape index (κ1) is 23.3. The summed E-state index contributed by atoms with van der Waals surface area (Å²) in [5.41, 5.74) is 1.39. The summed E-state index contributed by atoms with van der Waals surface area (Å²) in [5, 5.41) is 5.29. The van der Waals surface area contributed by atoms with E-state index in [9.17, 15) is 18.4 Å². The highest BCUT2D eigenvalue weighted by molar-refractivity contribution is 6.30. The average molecular weight is 437 g/mol. The lowest BCUT2D eigenvalue weighted by atomic mass is 10.1. The fraction of sp³-hybridized carbons (Fsp3) is 0.273. The highest BCUT2D eigenvalue weighted by atomic mass is 35.5. The lowest BCUT2D eigenvalue weighted by Crippen LogP contribution is -2.29. The lowest BCUT2D eigenvalue weighted by molar-refractivity contribution is -0.123. The second-order valence-corrected chi connectivity index (χ2v) is 7.00. The third kappa shape index (κ3) is 8.61. The van der Waals surface area contributed by atoms with Gasteiger partial charge in [-0.2, -0.15) is 0 Å². The van der Waals surface area contributed by atoms with Gasteiger partial charge in [0.2, 0.25) is 5.91 Å². The Morgan fingerprint density at radius 1 is 1.03 bits per heavy atom. The monoisotopic (exact) mass is 436 g/mol. The molecule has 0 unspecified atom stereocenters. The SMILES string of the molecule is C=C(CCC(=O)NCCCc1ccc(F)cc1)NC(=O)COc1ccc(Cl)c(F)c1. The van der Waals surface area contributed by atoms with Crippen LogP contribution in [-0.4, -0.2) is 25.0 Å². The number of amides is 2. The molecule has 0 aliphatic heterocycles. The number of hydrogen-bond donors (Lipinski definition) is 2. The van der Waals surface area contributed by atoms with E-state index in [2.05, 4.69) is 17.2 Å². The van der Waals surface area contributed by atoms with Gasteiger partial charge in [-0.05, 0) is 49.1 Å². The van der Waals surface area contributed by atoms with E-state index in [0.29, 0.717) is 12.2 Å². The number of nitrogens with one attached hydrogen (secondary N) is 2. The smallest absolute Gasteiger partial charge is 0.262 e. The van der Waals surface area contributed by atoms with E-state index in [0.717, 1.165) is 24.5 Å². The summed E-state index contributed by atoms with van der Waals surface area (Å²) in [6.45, 7) is 3.89. The highest BCUT2D eigenvalue weighted by Gasteiger charge is 2.08. The van der Waals surface area contributed by atoms with E-state index in [4.69, 9.17) is 16.3 Å². The van der Waals surface area contributed by atoms with Crippen LogP contribution in [0.4, 0.5) is 8.78 Å². The van der Waals surface area contributed by atoms with Crippen molar-refractivity contribution in [3.63, 3.8) is 0 Å². The molecule has 0 spiro atoms. The molecule has 2 aromatic rings. The Kier molecular flexibility index (Phi) is 9.28. The van der Waals surface area contributed by atoms with Gasteiger partial charge >= 0.3 is 0 Å². The molecule has 0 bridgehead atoms. The molecular weight excluding hydrogens is 414 g/mol. The molecule has 2 N–H and O–H groups in total. The molecule has 2 rings (SSSR count). The Bertz CT molecular complexity index is 888. The largest absolute Gasteiger partial charge is 0.484 e. The molecule has 0 fully saturated rings. The first-order chi connectivity index (χ1) is 14.3. The fourth-order valence-corrected chi connectivity index (χ4v) is 2.65. The summed E-state index contributed by atoms with van der Waals surface area (Å²) >= 11 is 5.58. The fourth-order valence-electron chi connectivity index (χ4n) is 2.54. The second kappa shape index (κ2) is 11.9. The summed E-state index contributed by atoms with van der Waals surface area (Å²) in [4.78, 5) is 23.7. The van der Waals surface area contributed by atoms with Crippen molar-refractivity contribution in [1.82, 2.24) is 10.6 Å². The third-order valence-corrected chi connectivity index (χ3v) is 4.42. The van der Waals surface area contributed by atoms with Crippen molar-refractivity contribution in [3.05, 3.63) is 77.0 Å². The minimum absolute atomic E-state index is 0.0334. The van der Waals surface area contributed by atoms with Gasteiger partial charge in [0.05, 0.1) is 5.02 Å². The molecule has 5 nitrogen and oxygen atoms in total. The van der Waals surface area contributed by atoms with Crippen molar-refractivity contribution in [2.45, 2.75) is 25.7 Å². The van der Waals surface area contributed by atoms with Crippen LogP contribution in [0.5, 0.6) is 5.75 Å². The van der Waals surface area contributed by atoms with Gasteiger partial charge in [0, 0.05) is 24.7 Å². The molecule has 0 saturated heterocycles. The predicted octanol–water partition coefficient (Wildman–Crippen LogP) is 4.16. The molecule has 0 aliphatic rings. The van der Waals surface area contributed by atoms with Crippen molar-refractivity contribution < 1.29 is 23.1 Å².